The van der Waals surface area contributed by atoms with Crippen molar-refractivity contribution in [2.75, 3.05) is 14.2 Å². The summed E-state index contributed by atoms with van der Waals surface area (Å²) in [5.74, 6) is 1.23. The minimum Gasteiger partial charge on any atom is -0.493 e. The highest BCUT2D eigenvalue weighted by molar-refractivity contribution is 7.80. The molecule has 0 bridgehead atoms. The van der Waals surface area contributed by atoms with E-state index in [1.54, 1.807) is 32.4 Å². The lowest BCUT2D eigenvalue weighted by atomic mass is 10.0. The van der Waals surface area contributed by atoms with Crippen LogP contribution >= 0.6 is 12.2 Å². The fraction of sp³-hybridized carbons (Fsp3) is 0.200. The molecule has 0 spiro atoms. The van der Waals surface area contributed by atoms with Gasteiger partial charge in [-0.05, 0) is 30.2 Å². The number of methoxy groups -OCH3 is 2. The molecule has 0 unspecified atom stereocenters. The zero-order valence-electron chi connectivity index (χ0n) is 11.5. The van der Waals surface area contributed by atoms with Crippen LogP contribution in [0.1, 0.15) is 11.1 Å². The minimum atomic E-state index is 0.0626. The van der Waals surface area contributed by atoms with E-state index in [0.29, 0.717) is 17.9 Å². The van der Waals surface area contributed by atoms with Gasteiger partial charge in [0, 0.05) is 5.56 Å². The second-order valence-electron chi connectivity index (χ2n) is 3.94. The Labute approximate surface area is 124 Å². The predicted octanol–water partition coefficient (Wildman–Crippen LogP) is 2.63. The quantitative estimate of drug-likeness (QED) is 0.377. The molecule has 0 aliphatic rings. The van der Waals surface area contributed by atoms with E-state index in [0.717, 1.165) is 11.1 Å². The second kappa shape index (κ2) is 7.31. The van der Waals surface area contributed by atoms with E-state index in [1.165, 1.54) is 0 Å². The molecule has 0 amide bonds. The molecule has 0 heterocycles. The lowest BCUT2D eigenvalue weighted by Crippen LogP contribution is -2.09. The monoisotopic (exact) mass is 288 g/mol. The molecule has 20 heavy (non-hydrogen) atoms. The van der Waals surface area contributed by atoms with Crippen LogP contribution < -0.4 is 15.2 Å². The molecule has 0 atom stereocenters. The van der Waals surface area contributed by atoms with E-state index in [2.05, 4.69) is 6.58 Å². The molecule has 104 valence electrons. The van der Waals surface area contributed by atoms with Gasteiger partial charge in [-0.15, -0.1) is 6.58 Å². The van der Waals surface area contributed by atoms with E-state index in [9.17, 15) is 0 Å². The summed E-state index contributed by atoms with van der Waals surface area (Å²) in [6.45, 7) is 3.72. The van der Waals surface area contributed by atoms with Crippen LogP contribution in [0, 0.1) is 11.3 Å². The van der Waals surface area contributed by atoms with Crippen LogP contribution in [0.4, 0.5) is 0 Å². The maximum atomic E-state index is 9.00. The molecular weight excluding hydrogens is 272 g/mol. The second-order valence-corrected chi connectivity index (χ2v) is 4.38. The van der Waals surface area contributed by atoms with Crippen LogP contribution in [0.3, 0.4) is 0 Å². The number of ether oxygens (including phenoxy) is 2. The van der Waals surface area contributed by atoms with E-state index in [4.69, 9.17) is 32.7 Å². The standard InChI is InChI=1S/C15H16N2O2S/c1-4-5-11-6-10(7-12(9-16)15(17)20)8-13(18-2)14(11)19-3/h4,6-8H,1,5H2,2-3H3,(H2,17,20)/b12-7-. The number of rotatable bonds is 6. The first-order chi connectivity index (χ1) is 9.57. The van der Waals surface area contributed by atoms with Gasteiger partial charge in [-0.3, -0.25) is 0 Å². The zero-order valence-corrected chi connectivity index (χ0v) is 12.3. The first-order valence-corrected chi connectivity index (χ1v) is 6.25. The molecule has 0 saturated heterocycles. The van der Waals surface area contributed by atoms with Crippen LogP contribution in [-0.4, -0.2) is 19.2 Å². The summed E-state index contributed by atoms with van der Waals surface area (Å²) in [5, 5.41) is 9.00. The SMILES string of the molecule is C=CCc1cc(/C=C(/C#N)C(N)=S)cc(OC)c1OC. The van der Waals surface area contributed by atoms with Crippen LogP contribution in [-0.2, 0) is 6.42 Å². The summed E-state index contributed by atoms with van der Waals surface area (Å²) in [4.78, 5) is 0.0626. The van der Waals surface area contributed by atoms with E-state index >= 15 is 0 Å². The summed E-state index contributed by atoms with van der Waals surface area (Å²) in [5.41, 5.74) is 7.41. The normalized spacial score (nSPS) is 10.6. The van der Waals surface area contributed by atoms with Gasteiger partial charge in [0.2, 0.25) is 0 Å². The fourth-order valence-electron chi connectivity index (χ4n) is 1.78. The summed E-state index contributed by atoms with van der Waals surface area (Å²) < 4.78 is 10.6. The molecule has 0 fully saturated rings. The highest BCUT2D eigenvalue weighted by Gasteiger charge is 2.11. The van der Waals surface area contributed by atoms with Gasteiger partial charge in [-0.25, -0.2) is 0 Å². The van der Waals surface area contributed by atoms with Crippen LogP contribution in [0.2, 0.25) is 0 Å². The van der Waals surface area contributed by atoms with Gasteiger partial charge >= 0.3 is 0 Å². The van der Waals surface area contributed by atoms with Gasteiger partial charge in [0.15, 0.2) is 11.5 Å². The summed E-state index contributed by atoms with van der Waals surface area (Å²) in [7, 11) is 3.14. The lowest BCUT2D eigenvalue weighted by Gasteiger charge is -2.13. The van der Waals surface area contributed by atoms with Crippen molar-refractivity contribution in [1.82, 2.24) is 0 Å². The van der Waals surface area contributed by atoms with Crippen molar-refractivity contribution < 1.29 is 9.47 Å². The number of thiocarbonyl (C=S) groups is 1. The van der Waals surface area contributed by atoms with E-state index in [-0.39, 0.29) is 10.6 Å². The van der Waals surface area contributed by atoms with E-state index in [1.807, 2.05) is 12.1 Å². The van der Waals surface area contributed by atoms with Crippen molar-refractivity contribution >= 4 is 23.3 Å². The van der Waals surface area contributed by atoms with Crippen molar-refractivity contribution in [2.45, 2.75) is 6.42 Å². The number of nitrogens with zero attached hydrogens (tertiary/aromatic N) is 1. The Hall–Kier alpha value is -2.32. The van der Waals surface area contributed by atoms with Crippen molar-refractivity contribution in [3.8, 4) is 17.6 Å². The van der Waals surface area contributed by atoms with Crippen molar-refractivity contribution in [3.05, 3.63) is 41.5 Å². The first kappa shape index (κ1) is 15.7. The third-order valence-electron chi connectivity index (χ3n) is 2.64. The van der Waals surface area contributed by atoms with Crippen molar-refractivity contribution in [2.24, 2.45) is 5.73 Å². The lowest BCUT2D eigenvalue weighted by molar-refractivity contribution is 0.352. The Balaban J connectivity index is 3.43. The zero-order chi connectivity index (χ0) is 15.1. The summed E-state index contributed by atoms with van der Waals surface area (Å²) >= 11 is 4.82. The van der Waals surface area contributed by atoms with Gasteiger partial charge in [0.1, 0.15) is 11.1 Å². The van der Waals surface area contributed by atoms with Crippen LogP contribution in [0.15, 0.2) is 30.4 Å². The van der Waals surface area contributed by atoms with Crippen LogP contribution in [0.5, 0.6) is 11.5 Å². The number of nitrogens with two attached hydrogens (primary N) is 1. The average molecular weight is 288 g/mol. The smallest absolute Gasteiger partial charge is 0.164 e. The van der Waals surface area contributed by atoms with Gasteiger partial charge in [0.25, 0.3) is 0 Å². The van der Waals surface area contributed by atoms with Crippen LogP contribution in [0.25, 0.3) is 6.08 Å². The highest BCUT2D eigenvalue weighted by atomic mass is 32.1. The molecule has 0 aromatic heterocycles. The molecule has 1 aromatic carbocycles. The number of nitriles is 1. The Morgan fingerprint density at radius 1 is 1.45 bits per heavy atom. The Kier molecular flexibility index (Phi) is 5.75. The predicted molar refractivity (Wildman–Crippen MR) is 83.8 cm³/mol. The number of benzene rings is 1. The average Bonchev–Trinajstić information content (AvgIpc) is 2.44. The maximum absolute atomic E-state index is 9.00. The van der Waals surface area contributed by atoms with Gasteiger partial charge in [-0.2, -0.15) is 5.26 Å². The number of allylic oxidation sites excluding steroid dienone is 1. The molecule has 0 saturated carbocycles. The van der Waals surface area contributed by atoms with Crippen molar-refractivity contribution in [1.29, 1.82) is 5.26 Å². The van der Waals surface area contributed by atoms with Gasteiger partial charge in [0.05, 0.1) is 19.8 Å². The summed E-state index contributed by atoms with van der Waals surface area (Å²) in [6, 6.07) is 5.62. The Bertz CT molecular complexity index is 601. The maximum Gasteiger partial charge on any atom is 0.164 e. The largest absolute Gasteiger partial charge is 0.493 e. The third-order valence-corrected chi connectivity index (χ3v) is 2.86. The number of hydrogen-bond acceptors (Lipinski definition) is 4. The molecule has 1 aromatic rings. The molecule has 0 aliphatic heterocycles. The highest BCUT2D eigenvalue weighted by Crippen LogP contribution is 2.33. The Morgan fingerprint density at radius 3 is 2.60 bits per heavy atom. The minimum absolute atomic E-state index is 0.0626. The molecule has 0 radical (unpaired) electrons. The molecule has 2 N–H and O–H groups in total. The molecule has 0 aliphatic carbocycles. The molecule has 5 heteroatoms. The third kappa shape index (κ3) is 3.59. The first-order valence-electron chi connectivity index (χ1n) is 5.84. The van der Waals surface area contributed by atoms with E-state index < -0.39 is 0 Å². The number of hydrogen-bond donors (Lipinski definition) is 1. The van der Waals surface area contributed by atoms with Gasteiger partial charge < -0.3 is 15.2 Å². The van der Waals surface area contributed by atoms with Crippen molar-refractivity contribution in [3.63, 3.8) is 0 Å². The van der Waals surface area contributed by atoms with Gasteiger partial charge in [-0.1, -0.05) is 18.3 Å². The molecular formula is C15H16N2O2S. The fourth-order valence-corrected chi connectivity index (χ4v) is 1.89. The topological polar surface area (TPSA) is 68.3 Å². The molecule has 4 nitrogen and oxygen atoms in total. The summed E-state index contributed by atoms with van der Waals surface area (Å²) in [6.07, 6.45) is 4.01. The Morgan fingerprint density at radius 2 is 2.15 bits per heavy atom. The molecule has 1 rings (SSSR count).